The molecule has 162 valence electrons. The molecule has 0 spiro atoms. The summed E-state index contributed by atoms with van der Waals surface area (Å²) in [7, 11) is 0. The molecular formula is C20H24F3N5O2. The highest BCUT2D eigenvalue weighted by atomic mass is 19.4. The normalized spacial score (nSPS) is 12.8. The largest absolute Gasteiger partial charge is 0.469 e. The number of amidine groups is 1. The maximum absolute atomic E-state index is 12.6. The van der Waals surface area contributed by atoms with Crippen LogP contribution in [0.4, 0.5) is 13.2 Å². The summed E-state index contributed by atoms with van der Waals surface area (Å²) in [5, 5.41) is 7.93. The molecule has 0 atom stereocenters. The van der Waals surface area contributed by atoms with Crippen LogP contribution in [0.15, 0.2) is 52.9 Å². The van der Waals surface area contributed by atoms with E-state index in [1.807, 2.05) is 13.8 Å². The van der Waals surface area contributed by atoms with Gasteiger partial charge in [-0.15, -0.1) is 0 Å². The minimum atomic E-state index is -4.36. The fraction of sp³-hybridized carbons (Fsp3) is 0.350. The predicted octanol–water partition coefficient (Wildman–Crippen LogP) is 3.69. The van der Waals surface area contributed by atoms with E-state index in [0.29, 0.717) is 28.6 Å². The van der Waals surface area contributed by atoms with Crippen LogP contribution in [0, 0.1) is 0 Å². The lowest BCUT2D eigenvalue weighted by Crippen LogP contribution is -2.27. The lowest BCUT2D eigenvalue weighted by Gasteiger charge is -2.08. The fourth-order valence-corrected chi connectivity index (χ4v) is 2.12. The third-order valence-corrected chi connectivity index (χ3v) is 3.70. The summed E-state index contributed by atoms with van der Waals surface area (Å²) in [6, 6.07) is 8.31. The summed E-state index contributed by atoms with van der Waals surface area (Å²) in [5.41, 5.74) is 9.69. The SMILES string of the molecule is C/C(=N\OCc1ccc(C(F)(F)F)cc1)c1ccc(OC/C(N)=N/NC(C)C)nc1. The topological polar surface area (TPSA) is 94.1 Å². The van der Waals surface area contributed by atoms with Crippen molar-refractivity contribution in [2.45, 2.75) is 39.6 Å². The van der Waals surface area contributed by atoms with Gasteiger partial charge >= 0.3 is 6.18 Å². The molecular weight excluding hydrogens is 399 g/mol. The van der Waals surface area contributed by atoms with Crippen molar-refractivity contribution in [1.82, 2.24) is 10.4 Å². The Bertz CT molecular complexity index is 864. The van der Waals surface area contributed by atoms with Crippen LogP contribution in [-0.2, 0) is 17.6 Å². The van der Waals surface area contributed by atoms with Crippen molar-refractivity contribution >= 4 is 11.5 Å². The molecule has 2 aromatic rings. The van der Waals surface area contributed by atoms with Crippen LogP contribution in [0.3, 0.4) is 0 Å². The molecule has 0 saturated carbocycles. The molecule has 3 N–H and O–H groups in total. The zero-order valence-corrected chi connectivity index (χ0v) is 16.9. The van der Waals surface area contributed by atoms with Crippen molar-refractivity contribution in [2.75, 3.05) is 6.61 Å². The van der Waals surface area contributed by atoms with E-state index in [-0.39, 0.29) is 19.3 Å². The second kappa shape index (κ2) is 10.5. The maximum Gasteiger partial charge on any atom is 0.416 e. The Hall–Kier alpha value is -3.30. The van der Waals surface area contributed by atoms with E-state index in [4.69, 9.17) is 15.3 Å². The second-order valence-electron chi connectivity index (χ2n) is 6.71. The van der Waals surface area contributed by atoms with Gasteiger partial charge in [-0.1, -0.05) is 17.3 Å². The number of hydrogen-bond donors (Lipinski definition) is 2. The summed E-state index contributed by atoms with van der Waals surface area (Å²) in [6.45, 7) is 5.75. The average molecular weight is 423 g/mol. The first kappa shape index (κ1) is 23.0. The number of nitrogens with one attached hydrogen (secondary N) is 1. The van der Waals surface area contributed by atoms with Crippen molar-refractivity contribution in [3.63, 3.8) is 0 Å². The molecule has 0 aliphatic heterocycles. The number of alkyl halides is 3. The number of benzene rings is 1. The fourth-order valence-electron chi connectivity index (χ4n) is 2.12. The molecule has 0 radical (unpaired) electrons. The first-order chi connectivity index (χ1) is 14.1. The molecule has 1 aromatic carbocycles. The van der Waals surface area contributed by atoms with E-state index in [2.05, 4.69) is 20.7 Å². The molecule has 1 aromatic heterocycles. The molecule has 7 nitrogen and oxygen atoms in total. The molecule has 0 saturated heterocycles. The van der Waals surface area contributed by atoms with Gasteiger partial charge in [0.1, 0.15) is 13.2 Å². The number of nitrogens with zero attached hydrogens (tertiary/aromatic N) is 3. The minimum Gasteiger partial charge on any atom is -0.469 e. The lowest BCUT2D eigenvalue weighted by atomic mass is 10.1. The van der Waals surface area contributed by atoms with E-state index >= 15 is 0 Å². The lowest BCUT2D eigenvalue weighted by molar-refractivity contribution is -0.137. The summed E-state index contributed by atoms with van der Waals surface area (Å²) < 4.78 is 43.1. The third kappa shape index (κ3) is 7.61. The van der Waals surface area contributed by atoms with Crippen LogP contribution in [0.25, 0.3) is 0 Å². The Morgan fingerprint density at radius 1 is 1.17 bits per heavy atom. The van der Waals surface area contributed by atoms with Crippen molar-refractivity contribution in [3.8, 4) is 5.88 Å². The Balaban J connectivity index is 1.85. The van der Waals surface area contributed by atoms with Crippen LogP contribution < -0.4 is 15.9 Å². The molecule has 0 aliphatic rings. The Morgan fingerprint density at radius 3 is 2.43 bits per heavy atom. The zero-order valence-electron chi connectivity index (χ0n) is 16.9. The molecule has 10 heteroatoms. The van der Waals surface area contributed by atoms with E-state index in [1.165, 1.54) is 12.1 Å². The van der Waals surface area contributed by atoms with Crippen LogP contribution >= 0.6 is 0 Å². The average Bonchev–Trinajstić information content (AvgIpc) is 2.70. The molecule has 1 heterocycles. The highest BCUT2D eigenvalue weighted by molar-refractivity contribution is 5.98. The highest BCUT2D eigenvalue weighted by Crippen LogP contribution is 2.29. The van der Waals surface area contributed by atoms with Crippen molar-refractivity contribution in [3.05, 3.63) is 59.3 Å². The quantitative estimate of drug-likeness (QED) is 0.364. The van der Waals surface area contributed by atoms with Gasteiger partial charge < -0.3 is 20.7 Å². The van der Waals surface area contributed by atoms with Gasteiger partial charge in [-0.3, -0.25) is 0 Å². The molecule has 0 aliphatic carbocycles. The first-order valence-electron chi connectivity index (χ1n) is 9.14. The van der Waals surface area contributed by atoms with Gasteiger partial charge in [0.15, 0.2) is 5.84 Å². The number of oxime groups is 1. The summed E-state index contributed by atoms with van der Waals surface area (Å²) in [5.74, 6) is 0.670. The van der Waals surface area contributed by atoms with Gasteiger partial charge in [-0.25, -0.2) is 4.98 Å². The van der Waals surface area contributed by atoms with Crippen LogP contribution in [0.2, 0.25) is 0 Å². The summed E-state index contributed by atoms with van der Waals surface area (Å²) in [4.78, 5) is 9.39. The van der Waals surface area contributed by atoms with Gasteiger partial charge in [-0.05, 0) is 44.5 Å². The highest BCUT2D eigenvalue weighted by Gasteiger charge is 2.29. The van der Waals surface area contributed by atoms with Crippen molar-refractivity contribution in [1.29, 1.82) is 0 Å². The summed E-state index contributed by atoms with van der Waals surface area (Å²) >= 11 is 0. The molecule has 0 fully saturated rings. The second-order valence-corrected chi connectivity index (χ2v) is 6.71. The number of rotatable bonds is 9. The summed E-state index contributed by atoms with van der Waals surface area (Å²) in [6.07, 6.45) is -2.80. The zero-order chi connectivity index (χ0) is 22.1. The maximum atomic E-state index is 12.6. The van der Waals surface area contributed by atoms with Gasteiger partial charge in [0.25, 0.3) is 0 Å². The third-order valence-electron chi connectivity index (χ3n) is 3.70. The number of ether oxygens (including phenoxy) is 1. The molecule has 2 rings (SSSR count). The van der Waals surface area contributed by atoms with Crippen LogP contribution in [-0.4, -0.2) is 29.2 Å². The van der Waals surface area contributed by atoms with Gasteiger partial charge in [0, 0.05) is 23.9 Å². The monoisotopic (exact) mass is 423 g/mol. The molecule has 0 unspecified atom stereocenters. The number of hydrazone groups is 1. The molecule has 30 heavy (non-hydrogen) atoms. The standard InChI is InChI=1S/C20H24F3N5O2/c1-13(2)26-27-18(24)12-29-19-9-6-16(10-25-19)14(3)28-30-11-15-4-7-17(8-5-15)20(21,22)23/h4-10,13,26H,11-12H2,1-3H3,(H2,24,27)/b28-14+. The number of halogens is 3. The molecule has 0 amide bonds. The van der Waals surface area contributed by atoms with Crippen molar-refractivity contribution in [2.24, 2.45) is 16.0 Å². The Kier molecular flexibility index (Phi) is 8.02. The first-order valence-corrected chi connectivity index (χ1v) is 9.14. The van der Waals surface area contributed by atoms with Crippen molar-refractivity contribution < 1.29 is 22.7 Å². The Labute approximate surface area is 172 Å². The van der Waals surface area contributed by atoms with Gasteiger partial charge in [-0.2, -0.15) is 18.3 Å². The number of hydrogen-bond acceptors (Lipinski definition) is 6. The van der Waals surface area contributed by atoms with Gasteiger partial charge in [0.05, 0.1) is 11.3 Å². The minimum absolute atomic E-state index is 0.0487. The van der Waals surface area contributed by atoms with Gasteiger partial charge in [0.2, 0.25) is 5.88 Å². The number of pyridine rings is 1. The smallest absolute Gasteiger partial charge is 0.416 e. The number of aromatic nitrogens is 1. The van der Waals surface area contributed by atoms with Crippen LogP contribution in [0.5, 0.6) is 5.88 Å². The Morgan fingerprint density at radius 2 is 1.87 bits per heavy atom. The van der Waals surface area contributed by atoms with E-state index in [1.54, 1.807) is 25.3 Å². The van der Waals surface area contributed by atoms with E-state index in [0.717, 1.165) is 12.1 Å². The predicted molar refractivity (Wildman–Crippen MR) is 108 cm³/mol. The number of nitrogens with two attached hydrogens (primary N) is 1. The van der Waals surface area contributed by atoms with Crippen LogP contribution in [0.1, 0.15) is 37.5 Å². The van der Waals surface area contributed by atoms with E-state index < -0.39 is 11.7 Å². The van der Waals surface area contributed by atoms with E-state index in [9.17, 15) is 13.2 Å². The molecule has 0 bridgehead atoms.